The molecule has 0 spiro atoms. The van der Waals surface area contributed by atoms with Gasteiger partial charge in [0.1, 0.15) is 24.7 Å². The van der Waals surface area contributed by atoms with Gasteiger partial charge in [-0.25, -0.2) is 4.58 Å². The van der Waals surface area contributed by atoms with Crippen LogP contribution in [0, 0.1) is 11.8 Å². The number of methoxy groups -OCH3 is 1. The van der Waals surface area contributed by atoms with Gasteiger partial charge in [-0.2, -0.15) is 0 Å². The lowest BCUT2D eigenvalue weighted by Crippen LogP contribution is -2.41. The van der Waals surface area contributed by atoms with Crippen LogP contribution >= 0.6 is 0 Å². The molecule has 2 aliphatic rings. The number of rotatable bonds is 11. The molecule has 37 heavy (non-hydrogen) atoms. The van der Waals surface area contributed by atoms with E-state index in [-0.39, 0.29) is 17.5 Å². The van der Waals surface area contributed by atoms with E-state index in [1.807, 2.05) is 72.8 Å². The van der Waals surface area contributed by atoms with Crippen molar-refractivity contribution in [3.63, 3.8) is 0 Å². The number of ketones is 1. The first-order valence-electron chi connectivity index (χ1n) is 13.1. The van der Waals surface area contributed by atoms with Crippen LogP contribution in [0.4, 0.5) is 5.69 Å². The summed E-state index contributed by atoms with van der Waals surface area (Å²) in [7, 11) is 1.64. The average Bonchev–Trinajstić information content (AvgIpc) is 2.94. The normalized spacial score (nSPS) is 18.6. The zero-order valence-corrected chi connectivity index (χ0v) is 22.1. The Bertz CT molecular complexity index is 1200. The van der Waals surface area contributed by atoms with Crippen LogP contribution in [0.5, 0.6) is 11.5 Å². The van der Waals surface area contributed by atoms with Crippen LogP contribution in [0.2, 0.25) is 0 Å². The molecule has 1 atom stereocenters. The van der Waals surface area contributed by atoms with Crippen LogP contribution in [-0.4, -0.2) is 56.0 Å². The smallest absolute Gasteiger partial charge is 0.199 e. The molecular formula is C31H36N2O4. The van der Waals surface area contributed by atoms with Gasteiger partial charge in [-0.1, -0.05) is 24.3 Å². The van der Waals surface area contributed by atoms with Crippen molar-refractivity contribution < 1.29 is 24.0 Å². The van der Waals surface area contributed by atoms with Gasteiger partial charge in [-0.3, -0.25) is 4.79 Å². The number of hydrogen-bond donors (Lipinski definition) is 0. The highest BCUT2D eigenvalue weighted by Crippen LogP contribution is 2.41. The molecule has 194 valence electrons. The van der Waals surface area contributed by atoms with Crippen LogP contribution in [0.1, 0.15) is 26.3 Å². The fourth-order valence-corrected chi connectivity index (χ4v) is 4.92. The number of benzene rings is 2. The molecule has 0 saturated carbocycles. The highest BCUT2D eigenvalue weighted by atomic mass is 16.5. The number of ether oxygens (including phenoxy) is 2. The van der Waals surface area contributed by atoms with E-state index in [1.54, 1.807) is 7.11 Å². The Morgan fingerprint density at radius 1 is 0.919 bits per heavy atom. The molecule has 0 radical (unpaired) electrons. The largest absolute Gasteiger partial charge is 0.874 e. The predicted octanol–water partition coefficient (Wildman–Crippen LogP) is 4.11. The third kappa shape index (κ3) is 5.63. The van der Waals surface area contributed by atoms with Gasteiger partial charge in [-0.15, -0.1) is 5.76 Å². The van der Waals surface area contributed by atoms with E-state index in [2.05, 4.69) is 30.2 Å². The fraction of sp³-hybridized carbons (Fsp3) is 0.355. The molecule has 1 unspecified atom stereocenters. The Morgan fingerprint density at radius 3 is 2.08 bits per heavy atom. The summed E-state index contributed by atoms with van der Waals surface area (Å²) < 4.78 is 13.3. The van der Waals surface area contributed by atoms with Gasteiger partial charge in [0.05, 0.1) is 7.11 Å². The predicted molar refractivity (Wildman–Crippen MR) is 146 cm³/mol. The van der Waals surface area contributed by atoms with Crippen LogP contribution in [0.3, 0.4) is 0 Å². The third-order valence-corrected chi connectivity index (χ3v) is 7.14. The minimum Gasteiger partial charge on any atom is -0.874 e. The molecule has 0 aromatic heterocycles. The highest BCUT2D eigenvalue weighted by molar-refractivity contribution is 6.29. The Labute approximate surface area is 219 Å². The zero-order chi connectivity index (χ0) is 26.4. The summed E-state index contributed by atoms with van der Waals surface area (Å²) in [5.74, 6) is 0.628. The second-order valence-electron chi connectivity index (χ2n) is 9.12. The Balaban J connectivity index is 1.39. The summed E-state index contributed by atoms with van der Waals surface area (Å²) in [6, 6.07) is 15.3. The van der Waals surface area contributed by atoms with Gasteiger partial charge in [0.25, 0.3) is 0 Å². The fourth-order valence-electron chi connectivity index (χ4n) is 4.92. The molecule has 0 bridgehead atoms. The second kappa shape index (κ2) is 12.0. The van der Waals surface area contributed by atoms with Gasteiger partial charge in [-0.05, 0) is 62.7 Å². The molecule has 0 fully saturated rings. The van der Waals surface area contributed by atoms with Gasteiger partial charge >= 0.3 is 0 Å². The number of carbonyl (C=O) groups is 1. The van der Waals surface area contributed by atoms with Crippen molar-refractivity contribution in [2.24, 2.45) is 11.8 Å². The van der Waals surface area contributed by atoms with E-state index in [4.69, 9.17) is 9.47 Å². The second-order valence-corrected chi connectivity index (χ2v) is 9.12. The van der Waals surface area contributed by atoms with Gasteiger partial charge < -0.3 is 19.5 Å². The molecule has 2 aliphatic carbocycles. The third-order valence-electron chi connectivity index (χ3n) is 7.14. The van der Waals surface area contributed by atoms with Crippen LogP contribution < -0.4 is 19.5 Å². The summed E-state index contributed by atoms with van der Waals surface area (Å²) in [4.78, 5) is 15.2. The number of Topliss-reactive ketones (excluding diaryl/α,β-unsaturated/α-hetero) is 1. The first-order chi connectivity index (χ1) is 18.0. The number of allylic oxidation sites excluding steroid dienone is 6. The number of likely N-dealkylation sites (N-methyl/N-ethyl adjacent to an activating group) is 1. The molecule has 2 aromatic rings. The standard InChI is InChI=1S/C31H36N2O4/c1-5-32(6-2)24-12-8-22(9-13-24)28-30(34)29(31(28)35)23-10-14-25(15-11-23)33(7-3)20-21-37-27-18-16-26(36-4)17-19-27/h8-19,23,29H,5-7,20-21H2,1-4H3. The van der Waals surface area contributed by atoms with Crippen molar-refractivity contribution in [2.75, 3.05) is 44.8 Å². The van der Waals surface area contributed by atoms with E-state index < -0.39 is 5.92 Å². The molecule has 0 heterocycles. The summed E-state index contributed by atoms with van der Waals surface area (Å²) in [6.45, 7) is 10.2. The minimum atomic E-state index is -0.625. The monoisotopic (exact) mass is 500 g/mol. The summed E-state index contributed by atoms with van der Waals surface area (Å²) in [5.41, 5.74) is 3.19. The maximum atomic E-state index is 13.0. The molecule has 0 saturated heterocycles. The van der Waals surface area contributed by atoms with Crippen LogP contribution in [0.15, 0.2) is 78.6 Å². The number of nitrogens with zero attached hydrogens (tertiary/aromatic N) is 2. The van der Waals surface area contributed by atoms with Crippen molar-refractivity contribution >= 4 is 22.8 Å². The van der Waals surface area contributed by atoms with E-state index in [1.165, 1.54) is 0 Å². The van der Waals surface area contributed by atoms with Gasteiger partial charge in [0.2, 0.25) is 0 Å². The first kappa shape index (κ1) is 26.3. The average molecular weight is 501 g/mol. The van der Waals surface area contributed by atoms with Crippen molar-refractivity contribution in [3.05, 3.63) is 84.2 Å². The van der Waals surface area contributed by atoms with E-state index in [0.717, 1.165) is 49.1 Å². The van der Waals surface area contributed by atoms with Gasteiger partial charge in [0.15, 0.2) is 18.0 Å². The van der Waals surface area contributed by atoms with Crippen molar-refractivity contribution in [1.82, 2.24) is 0 Å². The van der Waals surface area contributed by atoms with E-state index in [9.17, 15) is 9.90 Å². The maximum absolute atomic E-state index is 13.0. The number of hydrogen-bond acceptors (Lipinski definition) is 5. The van der Waals surface area contributed by atoms with Crippen LogP contribution in [-0.2, 0) is 4.79 Å². The van der Waals surface area contributed by atoms with Crippen molar-refractivity contribution in [2.45, 2.75) is 20.8 Å². The highest BCUT2D eigenvalue weighted by Gasteiger charge is 2.38. The molecule has 4 rings (SSSR count). The Kier molecular flexibility index (Phi) is 8.49. The number of carbonyl (C=O) groups excluding carboxylic acids is 1. The maximum Gasteiger partial charge on any atom is 0.199 e. The van der Waals surface area contributed by atoms with Crippen molar-refractivity contribution in [1.29, 1.82) is 0 Å². The Morgan fingerprint density at radius 2 is 1.54 bits per heavy atom. The van der Waals surface area contributed by atoms with Crippen molar-refractivity contribution in [3.8, 4) is 11.5 Å². The Hall–Kier alpha value is -3.80. The van der Waals surface area contributed by atoms with Crippen LogP contribution in [0.25, 0.3) is 5.57 Å². The zero-order valence-electron chi connectivity index (χ0n) is 22.1. The lowest BCUT2D eigenvalue weighted by atomic mass is 9.71. The summed E-state index contributed by atoms with van der Waals surface area (Å²) >= 11 is 0. The quantitative estimate of drug-likeness (QED) is 0.435. The molecular weight excluding hydrogens is 464 g/mol. The summed E-state index contributed by atoms with van der Waals surface area (Å²) in [5, 5.41) is 13.0. The van der Waals surface area contributed by atoms with E-state index >= 15 is 0 Å². The summed E-state index contributed by atoms with van der Waals surface area (Å²) in [6.07, 6.45) is 7.98. The molecule has 6 nitrogen and oxygen atoms in total. The SMILES string of the molecule is CCN(CC)c1ccc(C2=C([O-])C(C3C=CC(=[N+](CC)CCOc4ccc(OC)cc4)C=C3)C2=O)cc1. The number of anilines is 1. The molecule has 0 aliphatic heterocycles. The lowest BCUT2D eigenvalue weighted by Gasteiger charge is -2.40. The first-order valence-corrected chi connectivity index (χ1v) is 13.1. The molecule has 6 heteroatoms. The molecule has 0 N–H and O–H groups in total. The van der Waals surface area contributed by atoms with Gasteiger partial charge in [0, 0.05) is 48.3 Å². The lowest BCUT2D eigenvalue weighted by molar-refractivity contribution is -0.524. The topological polar surface area (TPSA) is 64.8 Å². The minimum absolute atomic E-state index is 0.0661. The molecule has 2 aromatic carbocycles. The van der Waals surface area contributed by atoms with E-state index in [0.29, 0.717) is 17.7 Å². The molecule has 0 amide bonds.